The molecule has 0 aromatic rings. The van der Waals surface area contributed by atoms with Gasteiger partial charge in [-0.3, -0.25) is 0 Å². The molecule has 17 heavy (non-hydrogen) atoms. The number of hydrogen-bond acceptors (Lipinski definition) is 2. The summed E-state index contributed by atoms with van der Waals surface area (Å²) in [5.74, 6) is 0. The molecule has 0 bridgehead atoms. The molecule has 1 saturated heterocycles. The third kappa shape index (κ3) is 5.24. The first-order chi connectivity index (χ1) is 7.87. The van der Waals surface area contributed by atoms with Crippen LogP contribution in [0.1, 0.15) is 39.5 Å². The Morgan fingerprint density at radius 1 is 1.29 bits per heavy atom. The van der Waals surface area contributed by atoms with E-state index in [1.54, 1.807) is 4.31 Å². The summed E-state index contributed by atoms with van der Waals surface area (Å²) in [4.78, 5) is 0. The van der Waals surface area contributed by atoms with Gasteiger partial charge >= 0.3 is 0 Å². The van der Waals surface area contributed by atoms with Crippen LogP contribution in [-0.4, -0.2) is 37.7 Å². The molecule has 0 saturated carbocycles. The van der Waals surface area contributed by atoms with Gasteiger partial charge in [-0.2, -0.15) is 12.7 Å². The van der Waals surface area contributed by atoms with Crippen LogP contribution in [0.2, 0.25) is 0 Å². The van der Waals surface area contributed by atoms with E-state index in [2.05, 4.69) is 34.5 Å². The van der Waals surface area contributed by atoms with Crippen LogP contribution >= 0.6 is 15.9 Å². The molecule has 1 rings (SSSR count). The molecule has 0 radical (unpaired) electrons. The molecule has 0 aromatic carbocycles. The molecule has 102 valence electrons. The molecule has 0 aliphatic carbocycles. The van der Waals surface area contributed by atoms with Crippen LogP contribution in [0.25, 0.3) is 0 Å². The van der Waals surface area contributed by atoms with E-state index in [1.165, 1.54) is 0 Å². The fourth-order valence-electron chi connectivity index (χ4n) is 1.94. The van der Waals surface area contributed by atoms with Gasteiger partial charge in [-0.25, -0.2) is 4.72 Å². The lowest BCUT2D eigenvalue weighted by Crippen LogP contribution is -2.42. The molecule has 0 spiro atoms. The minimum absolute atomic E-state index is 0.0144. The highest BCUT2D eigenvalue weighted by Crippen LogP contribution is 2.22. The summed E-state index contributed by atoms with van der Waals surface area (Å²) in [6.45, 7) is 6.04. The predicted molar refractivity (Wildman–Crippen MR) is 74.5 cm³/mol. The fourth-order valence-corrected chi connectivity index (χ4v) is 3.72. The van der Waals surface area contributed by atoms with Crippen molar-refractivity contribution >= 4 is 26.1 Å². The van der Waals surface area contributed by atoms with E-state index < -0.39 is 10.2 Å². The van der Waals surface area contributed by atoms with Gasteiger partial charge in [0.2, 0.25) is 0 Å². The van der Waals surface area contributed by atoms with Crippen molar-refractivity contribution < 1.29 is 8.42 Å². The van der Waals surface area contributed by atoms with Gasteiger partial charge in [-0.05, 0) is 31.1 Å². The second-order valence-corrected chi connectivity index (χ2v) is 7.94. The number of nitrogens with zero attached hydrogens (tertiary/aromatic N) is 1. The van der Waals surface area contributed by atoms with Crippen molar-refractivity contribution in [3.8, 4) is 0 Å². The summed E-state index contributed by atoms with van der Waals surface area (Å²) >= 11 is 3.40. The molecule has 1 aliphatic rings. The van der Waals surface area contributed by atoms with Crippen molar-refractivity contribution in [1.29, 1.82) is 0 Å². The second-order valence-electron chi connectivity index (χ2n) is 5.39. The summed E-state index contributed by atoms with van der Waals surface area (Å²) in [6, 6.07) is 0. The molecule has 6 heteroatoms. The first-order valence-corrected chi connectivity index (χ1v) is 8.74. The van der Waals surface area contributed by atoms with E-state index in [9.17, 15) is 8.42 Å². The lowest BCUT2D eigenvalue weighted by molar-refractivity contribution is 0.327. The Kier molecular flexibility index (Phi) is 5.89. The van der Waals surface area contributed by atoms with Crippen molar-refractivity contribution in [2.45, 2.75) is 39.5 Å². The van der Waals surface area contributed by atoms with E-state index in [-0.39, 0.29) is 5.41 Å². The summed E-state index contributed by atoms with van der Waals surface area (Å²) in [5, 5.41) is 0.968. The Hall–Kier alpha value is 0.350. The van der Waals surface area contributed by atoms with Crippen LogP contribution in [0.4, 0.5) is 0 Å². The third-order valence-corrected chi connectivity index (χ3v) is 5.24. The van der Waals surface area contributed by atoms with Crippen LogP contribution in [0.15, 0.2) is 0 Å². The van der Waals surface area contributed by atoms with Gasteiger partial charge in [0.1, 0.15) is 0 Å². The number of alkyl halides is 1. The van der Waals surface area contributed by atoms with Gasteiger partial charge in [0, 0.05) is 25.0 Å². The standard InChI is InChI=1S/C11H23BrN2O2S/c1-11(2,6-5-7-12)10-13-17(15,16)14-8-3-4-9-14/h13H,3-10H2,1-2H3. The summed E-state index contributed by atoms with van der Waals surface area (Å²) < 4.78 is 28.2. The quantitative estimate of drug-likeness (QED) is 0.728. The highest BCUT2D eigenvalue weighted by molar-refractivity contribution is 9.09. The Labute approximate surface area is 113 Å². The van der Waals surface area contributed by atoms with Gasteiger partial charge < -0.3 is 0 Å². The molecular weight excluding hydrogens is 304 g/mol. The fraction of sp³-hybridized carbons (Fsp3) is 1.00. The predicted octanol–water partition coefficient (Wildman–Crippen LogP) is 2.12. The molecule has 1 aliphatic heterocycles. The van der Waals surface area contributed by atoms with Crippen molar-refractivity contribution in [3.63, 3.8) is 0 Å². The zero-order chi connectivity index (χ0) is 12.9. The molecule has 4 nitrogen and oxygen atoms in total. The van der Waals surface area contributed by atoms with Crippen molar-refractivity contribution in [3.05, 3.63) is 0 Å². The van der Waals surface area contributed by atoms with Crippen LogP contribution in [-0.2, 0) is 10.2 Å². The SMILES string of the molecule is CC(C)(CCCBr)CNS(=O)(=O)N1CCCC1. The maximum atomic E-state index is 12.0. The molecule has 0 amide bonds. The molecular formula is C11H23BrN2O2S. The van der Waals surface area contributed by atoms with Gasteiger partial charge in [-0.1, -0.05) is 29.8 Å². The maximum absolute atomic E-state index is 12.0. The second kappa shape index (κ2) is 6.50. The van der Waals surface area contributed by atoms with Gasteiger partial charge in [-0.15, -0.1) is 0 Å². The average molecular weight is 327 g/mol. The van der Waals surface area contributed by atoms with Crippen molar-refractivity contribution in [2.24, 2.45) is 5.41 Å². The normalized spacial score (nSPS) is 18.8. The molecule has 0 aromatic heterocycles. The van der Waals surface area contributed by atoms with E-state index >= 15 is 0 Å². The number of halogens is 1. The Morgan fingerprint density at radius 3 is 2.41 bits per heavy atom. The monoisotopic (exact) mass is 326 g/mol. The van der Waals surface area contributed by atoms with Gasteiger partial charge in [0.05, 0.1) is 0 Å². The Morgan fingerprint density at radius 2 is 1.88 bits per heavy atom. The summed E-state index contributed by atoms with van der Waals surface area (Å²) in [7, 11) is -3.25. The largest absolute Gasteiger partial charge is 0.279 e. The lowest BCUT2D eigenvalue weighted by Gasteiger charge is -2.26. The Balaban J connectivity index is 2.43. The van der Waals surface area contributed by atoms with Crippen LogP contribution in [0.3, 0.4) is 0 Å². The van der Waals surface area contributed by atoms with E-state index in [4.69, 9.17) is 0 Å². The smallest absolute Gasteiger partial charge is 0.202 e. The van der Waals surface area contributed by atoms with Crippen LogP contribution in [0.5, 0.6) is 0 Å². The first-order valence-electron chi connectivity index (χ1n) is 6.18. The average Bonchev–Trinajstić information content (AvgIpc) is 2.78. The van der Waals surface area contributed by atoms with Crippen molar-refractivity contribution in [1.82, 2.24) is 9.03 Å². The van der Waals surface area contributed by atoms with Gasteiger partial charge in [0.15, 0.2) is 0 Å². The third-order valence-electron chi connectivity index (χ3n) is 3.13. The molecule has 0 atom stereocenters. The van der Waals surface area contributed by atoms with Crippen LogP contribution < -0.4 is 4.72 Å². The zero-order valence-corrected chi connectivity index (χ0v) is 13.1. The maximum Gasteiger partial charge on any atom is 0.279 e. The lowest BCUT2D eigenvalue weighted by atomic mass is 9.88. The molecule has 0 unspecified atom stereocenters. The van der Waals surface area contributed by atoms with E-state index in [0.29, 0.717) is 19.6 Å². The van der Waals surface area contributed by atoms with Crippen LogP contribution in [0, 0.1) is 5.41 Å². The summed E-state index contributed by atoms with van der Waals surface area (Å²) in [5.41, 5.74) is 0.0144. The minimum atomic E-state index is -3.25. The topological polar surface area (TPSA) is 49.4 Å². The summed E-state index contributed by atoms with van der Waals surface area (Å²) in [6.07, 6.45) is 4.04. The molecule has 1 fully saturated rings. The highest BCUT2D eigenvalue weighted by Gasteiger charge is 2.27. The first kappa shape index (κ1) is 15.4. The molecule has 1 N–H and O–H groups in total. The van der Waals surface area contributed by atoms with Crippen molar-refractivity contribution in [2.75, 3.05) is 25.0 Å². The number of rotatable bonds is 7. The highest BCUT2D eigenvalue weighted by atomic mass is 79.9. The van der Waals surface area contributed by atoms with Gasteiger partial charge in [0.25, 0.3) is 10.2 Å². The number of hydrogen-bond donors (Lipinski definition) is 1. The van der Waals surface area contributed by atoms with E-state index in [1.807, 2.05) is 0 Å². The van der Waals surface area contributed by atoms with E-state index in [0.717, 1.165) is 31.0 Å². The number of nitrogens with one attached hydrogen (secondary N) is 1. The minimum Gasteiger partial charge on any atom is -0.202 e. The Bertz CT molecular complexity index is 324. The zero-order valence-electron chi connectivity index (χ0n) is 10.7. The molecule has 1 heterocycles.